The summed E-state index contributed by atoms with van der Waals surface area (Å²) in [5, 5.41) is 11.6. The molecule has 1 N–H and O–H groups in total. The highest BCUT2D eigenvalue weighted by atomic mass is 19.1. The van der Waals surface area contributed by atoms with Crippen LogP contribution in [0.4, 0.5) is 4.39 Å². The molecule has 1 fully saturated rings. The second kappa shape index (κ2) is 5.98. The molecule has 3 nitrogen and oxygen atoms in total. The van der Waals surface area contributed by atoms with Gasteiger partial charge < -0.3 is 5.32 Å². The average molecular weight is 294 g/mol. The van der Waals surface area contributed by atoms with Crippen molar-refractivity contribution in [3.8, 4) is 6.07 Å². The number of carbonyl (C=O) groups excluding carboxylic acids is 1. The van der Waals surface area contributed by atoms with Crippen molar-refractivity contribution in [1.29, 1.82) is 5.26 Å². The normalized spacial score (nSPS) is 19.3. The third-order valence-corrected chi connectivity index (χ3v) is 3.98. The first-order valence-electron chi connectivity index (χ1n) is 7.20. The van der Waals surface area contributed by atoms with Gasteiger partial charge in [0.05, 0.1) is 11.6 Å². The maximum Gasteiger partial charge on any atom is 0.224 e. The Kier molecular flexibility index (Phi) is 3.88. The van der Waals surface area contributed by atoms with Crippen molar-refractivity contribution in [1.82, 2.24) is 5.32 Å². The van der Waals surface area contributed by atoms with Crippen LogP contribution in [0.25, 0.3) is 0 Å². The van der Waals surface area contributed by atoms with Crippen molar-refractivity contribution >= 4 is 5.91 Å². The van der Waals surface area contributed by atoms with Crippen molar-refractivity contribution in [3.63, 3.8) is 0 Å². The quantitative estimate of drug-likeness (QED) is 0.942. The summed E-state index contributed by atoms with van der Waals surface area (Å²) in [4.78, 5) is 12.1. The standard InChI is InChI=1S/C18H15FN2O/c19-17-4-2-1-3-14(17)15-9-16(15)18(22)21-11-13-7-5-12(10-20)6-8-13/h1-8,15-16H,9,11H2,(H,21,22). The van der Waals surface area contributed by atoms with E-state index < -0.39 is 0 Å². The van der Waals surface area contributed by atoms with Gasteiger partial charge in [0.15, 0.2) is 0 Å². The van der Waals surface area contributed by atoms with E-state index in [1.807, 2.05) is 12.1 Å². The molecule has 2 aromatic rings. The van der Waals surface area contributed by atoms with Crippen molar-refractivity contribution in [2.75, 3.05) is 0 Å². The number of rotatable bonds is 4. The van der Waals surface area contributed by atoms with Gasteiger partial charge in [-0.1, -0.05) is 30.3 Å². The number of hydrogen-bond donors (Lipinski definition) is 1. The maximum absolute atomic E-state index is 13.7. The molecule has 0 radical (unpaired) electrons. The molecule has 2 unspecified atom stereocenters. The third-order valence-electron chi connectivity index (χ3n) is 3.98. The van der Waals surface area contributed by atoms with Crippen LogP contribution >= 0.6 is 0 Å². The molecule has 0 saturated heterocycles. The minimum absolute atomic E-state index is 0.0119. The van der Waals surface area contributed by atoms with Crippen LogP contribution in [-0.2, 0) is 11.3 Å². The molecule has 0 aliphatic heterocycles. The average Bonchev–Trinajstić information content (AvgIpc) is 3.34. The molecule has 1 aliphatic carbocycles. The Morgan fingerprint density at radius 1 is 1.23 bits per heavy atom. The highest BCUT2D eigenvalue weighted by molar-refractivity contribution is 5.82. The lowest BCUT2D eigenvalue weighted by Gasteiger charge is -2.06. The van der Waals surface area contributed by atoms with E-state index in [9.17, 15) is 9.18 Å². The predicted molar refractivity (Wildman–Crippen MR) is 80.3 cm³/mol. The van der Waals surface area contributed by atoms with Crippen LogP contribution in [0.15, 0.2) is 48.5 Å². The SMILES string of the molecule is N#Cc1ccc(CNC(=O)C2CC2c2ccccc2F)cc1. The van der Waals surface area contributed by atoms with Crippen LogP contribution in [0.1, 0.15) is 29.0 Å². The molecule has 2 atom stereocenters. The largest absolute Gasteiger partial charge is 0.352 e. The van der Waals surface area contributed by atoms with Crippen molar-refractivity contribution in [2.24, 2.45) is 5.92 Å². The first-order chi connectivity index (χ1) is 10.7. The number of halogens is 1. The van der Waals surface area contributed by atoms with Gasteiger partial charge >= 0.3 is 0 Å². The Morgan fingerprint density at radius 3 is 2.64 bits per heavy atom. The fourth-order valence-corrected chi connectivity index (χ4v) is 2.62. The molecule has 110 valence electrons. The lowest BCUT2D eigenvalue weighted by atomic mass is 10.1. The van der Waals surface area contributed by atoms with Gasteiger partial charge in [0.1, 0.15) is 5.82 Å². The van der Waals surface area contributed by atoms with Crippen molar-refractivity contribution in [2.45, 2.75) is 18.9 Å². The molecule has 1 saturated carbocycles. The zero-order valence-corrected chi connectivity index (χ0v) is 11.9. The summed E-state index contributed by atoms with van der Waals surface area (Å²) in [5.74, 6) is -0.440. The summed E-state index contributed by atoms with van der Waals surface area (Å²) in [5.41, 5.74) is 2.16. The molecule has 1 amide bonds. The highest BCUT2D eigenvalue weighted by Crippen LogP contribution is 2.48. The Morgan fingerprint density at radius 2 is 1.95 bits per heavy atom. The topological polar surface area (TPSA) is 52.9 Å². The summed E-state index contributed by atoms with van der Waals surface area (Å²) in [6.45, 7) is 0.422. The fourth-order valence-electron chi connectivity index (χ4n) is 2.62. The smallest absolute Gasteiger partial charge is 0.224 e. The Hall–Kier alpha value is -2.67. The van der Waals surface area contributed by atoms with Gasteiger partial charge in [0.2, 0.25) is 5.91 Å². The lowest BCUT2D eigenvalue weighted by molar-refractivity contribution is -0.122. The molecule has 0 aromatic heterocycles. The maximum atomic E-state index is 13.7. The van der Waals surface area contributed by atoms with Gasteiger partial charge in [-0.2, -0.15) is 5.26 Å². The first kappa shape index (κ1) is 14.3. The van der Waals surface area contributed by atoms with E-state index >= 15 is 0 Å². The van der Waals surface area contributed by atoms with Gasteiger partial charge in [-0.15, -0.1) is 0 Å². The molecular formula is C18H15FN2O. The van der Waals surface area contributed by atoms with E-state index in [-0.39, 0.29) is 23.6 Å². The van der Waals surface area contributed by atoms with Crippen LogP contribution in [0, 0.1) is 23.1 Å². The monoisotopic (exact) mass is 294 g/mol. The Bertz CT molecular complexity index is 733. The molecule has 22 heavy (non-hydrogen) atoms. The molecular weight excluding hydrogens is 279 g/mol. The van der Waals surface area contributed by atoms with Crippen LogP contribution in [0.5, 0.6) is 0 Å². The highest BCUT2D eigenvalue weighted by Gasteiger charge is 2.44. The van der Waals surface area contributed by atoms with E-state index in [2.05, 4.69) is 11.4 Å². The number of amides is 1. The van der Waals surface area contributed by atoms with Crippen LogP contribution < -0.4 is 5.32 Å². The van der Waals surface area contributed by atoms with E-state index in [4.69, 9.17) is 5.26 Å². The minimum atomic E-state index is -0.241. The predicted octanol–water partition coefficient (Wildman–Crippen LogP) is 3.12. The first-order valence-corrected chi connectivity index (χ1v) is 7.20. The van der Waals surface area contributed by atoms with Crippen LogP contribution in [-0.4, -0.2) is 5.91 Å². The van der Waals surface area contributed by atoms with Gasteiger partial charge in [-0.25, -0.2) is 4.39 Å². The second-order valence-corrected chi connectivity index (χ2v) is 5.50. The third kappa shape index (κ3) is 2.99. The molecule has 0 bridgehead atoms. The summed E-state index contributed by atoms with van der Waals surface area (Å²) >= 11 is 0. The summed E-state index contributed by atoms with van der Waals surface area (Å²) < 4.78 is 13.7. The molecule has 3 rings (SSSR count). The van der Waals surface area contributed by atoms with Crippen molar-refractivity contribution in [3.05, 3.63) is 71.0 Å². The van der Waals surface area contributed by atoms with E-state index in [0.29, 0.717) is 24.1 Å². The second-order valence-electron chi connectivity index (χ2n) is 5.50. The number of carbonyl (C=O) groups is 1. The fraction of sp³-hybridized carbons (Fsp3) is 0.222. The Labute approximate surface area is 128 Å². The van der Waals surface area contributed by atoms with Gasteiger partial charge in [0.25, 0.3) is 0 Å². The van der Waals surface area contributed by atoms with E-state index in [0.717, 1.165) is 5.56 Å². The van der Waals surface area contributed by atoms with E-state index in [1.165, 1.54) is 6.07 Å². The number of hydrogen-bond acceptors (Lipinski definition) is 2. The zero-order chi connectivity index (χ0) is 15.5. The molecule has 2 aromatic carbocycles. The summed E-state index contributed by atoms with van der Waals surface area (Å²) in [7, 11) is 0. The number of benzene rings is 2. The number of nitrogens with one attached hydrogen (secondary N) is 1. The van der Waals surface area contributed by atoms with Crippen LogP contribution in [0.2, 0.25) is 0 Å². The molecule has 0 heterocycles. The summed E-state index contributed by atoms with van der Waals surface area (Å²) in [6, 6.07) is 15.8. The molecule has 0 spiro atoms. The minimum Gasteiger partial charge on any atom is -0.352 e. The lowest BCUT2D eigenvalue weighted by Crippen LogP contribution is -2.24. The zero-order valence-electron chi connectivity index (χ0n) is 11.9. The van der Waals surface area contributed by atoms with E-state index in [1.54, 1.807) is 30.3 Å². The summed E-state index contributed by atoms with van der Waals surface area (Å²) in [6.07, 6.45) is 0.695. The van der Waals surface area contributed by atoms with Gasteiger partial charge in [-0.3, -0.25) is 4.79 Å². The Balaban J connectivity index is 1.55. The molecule has 1 aliphatic rings. The van der Waals surface area contributed by atoms with Crippen molar-refractivity contribution < 1.29 is 9.18 Å². The molecule has 4 heteroatoms. The van der Waals surface area contributed by atoms with Crippen LogP contribution in [0.3, 0.4) is 0 Å². The number of nitriles is 1. The van der Waals surface area contributed by atoms with Gasteiger partial charge in [-0.05, 0) is 41.7 Å². The van der Waals surface area contributed by atoms with Gasteiger partial charge in [0, 0.05) is 12.5 Å². The number of nitrogens with zero attached hydrogens (tertiary/aromatic N) is 1.